The molecule has 3 saturated heterocycles. The zero-order chi connectivity index (χ0) is 44.8. The van der Waals surface area contributed by atoms with Crippen molar-refractivity contribution in [1.82, 2.24) is 36.5 Å². The number of aliphatic carboxylic acids is 1. The molecule has 0 spiro atoms. The molecule has 9 N–H and O–H groups in total. The summed E-state index contributed by atoms with van der Waals surface area (Å²) in [5.74, 6) is -6.22. The van der Waals surface area contributed by atoms with Crippen molar-refractivity contribution in [3.05, 3.63) is 36.0 Å². The number of aromatic nitrogens is 1. The number of nitrogens with two attached hydrogens (primary N) is 1. The van der Waals surface area contributed by atoms with Crippen LogP contribution >= 0.6 is 21.6 Å². The predicted molar refractivity (Wildman–Crippen MR) is 230 cm³/mol. The van der Waals surface area contributed by atoms with Crippen molar-refractivity contribution in [2.24, 2.45) is 5.73 Å². The van der Waals surface area contributed by atoms with Gasteiger partial charge in [0.2, 0.25) is 41.4 Å². The number of carboxylic acid groups (broad SMARTS) is 1. The van der Waals surface area contributed by atoms with Crippen molar-refractivity contribution in [2.75, 3.05) is 64.5 Å². The smallest absolute Gasteiger partial charge is 0.305 e. The second-order valence-electron chi connectivity index (χ2n) is 16.0. The Bertz CT molecular complexity index is 1940. The van der Waals surface area contributed by atoms with Crippen LogP contribution in [0.1, 0.15) is 51.0 Å². The van der Waals surface area contributed by atoms with Gasteiger partial charge in [-0.3, -0.25) is 38.4 Å². The number of ether oxygens (including phenoxy) is 2. The van der Waals surface area contributed by atoms with Crippen molar-refractivity contribution in [3.63, 3.8) is 0 Å². The number of para-hydroxylation sites is 1. The van der Waals surface area contributed by atoms with Crippen LogP contribution in [0.2, 0.25) is 0 Å². The molecular formula is C40H58N9O11S2+. The number of benzene rings is 1. The van der Waals surface area contributed by atoms with Crippen LogP contribution < -0.4 is 32.3 Å². The fraction of sp³-hybridized carbons (Fsp3) is 0.600. The number of hydrogen-bond acceptors (Lipinski definition) is 12. The van der Waals surface area contributed by atoms with Crippen molar-refractivity contribution < 1.29 is 57.4 Å². The Morgan fingerprint density at radius 2 is 1.69 bits per heavy atom. The molecule has 3 aliphatic rings. The number of unbranched alkanes of at least 4 members (excludes halogenated alkanes) is 1. The predicted octanol–water partition coefficient (Wildman–Crippen LogP) is -0.878. The third kappa shape index (κ3) is 14.1. The molecule has 0 aliphatic carbocycles. The lowest BCUT2D eigenvalue weighted by Crippen LogP contribution is -2.58. The molecule has 3 unspecified atom stereocenters. The maximum absolute atomic E-state index is 14.0. The van der Waals surface area contributed by atoms with Crippen molar-refractivity contribution >= 4 is 79.8 Å². The molecule has 1 aromatic heterocycles. The minimum atomic E-state index is -1.65. The quantitative estimate of drug-likeness (QED) is 0.0774. The van der Waals surface area contributed by atoms with E-state index in [4.69, 9.17) is 15.2 Å². The standard InChI is InChI=1S/C40H57N9O11S2/c1-24-40(58)48-21-26(60-22-25-19-42-28-8-4-3-7-27(25)28)17-32(48)39(57)47-31(36(41)54)23-62-61-16-10-33(50)45-29(9-5-6-11-49(2)12-14-59-15-13-49)37(55)43-20-34(51)46-30(18-35(52)53)38(56)44-24/h3-4,7-8,19,24,26,29-32,42H,5-6,9-18,20-23H2,1-2H3,(H7-,41,43,44,45,46,47,50,51,52,53,54,55,56,57)/p+1/t24-,26?,29?,30-,31?,32-/m0/s1. The van der Waals surface area contributed by atoms with E-state index in [1.165, 1.54) is 33.4 Å². The Morgan fingerprint density at radius 1 is 0.952 bits per heavy atom. The first-order chi connectivity index (χ1) is 29.6. The number of amides is 7. The van der Waals surface area contributed by atoms with Crippen LogP contribution in [0.3, 0.4) is 0 Å². The monoisotopic (exact) mass is 904 g/mol. The van der Waals surface area contributed by atoms with E-state index >= 15 is 0 Å². The summed E-state index contributed by atoms with van der Waals surface area (Å²) in [6.07, 6.45) is 2.02. The summed E-state index contributed by atoms with van der Waals surface area (Å²) in [5.41, 5.74) is 7.46. The number of H-pyrrole nitrogens is 1. The first kappa shape index (κ1) is 48.1. The topological polar surface area (TPSA) is 280 Å². The average molecular weight is 905 g/mol. The molecule has 22 heteroatoms. The minimum Gasteiger partial charge on any atom is -0.481 e. The molecule has 5 rings (SSSR count). The molecule has 2 aromatic rings. The summed E-state index contributed by atoms with van der Waals surface area (Å²) in [7, 11) is 4.63. The molecule has 0 bridgehead atoms. The molecule has 340 valence electrons. The van der Waals surface area contributed by atoms with Crippen LogP contribution in [0.5, 0.6) is 0 Å². The normalized spacial score (nSPS) is 26.4. The summed E-state index contributed by atoms with van der Waals surface area (Å²) in [6.45, 7) is 4.76. The minimum absolute atomic E-state index is 0.00768. The molecule has 1 aromatic carbocycles. The highest BCUT2D eigenvalue weighted by Gasteiger charge is 2.43. The first-order valence-electron chi connectivity index (χ1n) is 20.7. The van der Waals surface area contributed by atoms with Gasteiger partial charge in [-0.05, 0) is 32.3 Å². The van der Waals surface area contributed by atoms with E-state index in [-0.39, 0.29) is 43.9 Å². The zero-order valence-electron chi connectivity index (χ0n) is 35.0. The average Bonchev–Trinajstić information content (AvgIpc) is 3.86. The maximum Gasteiger partial charge on any atom is 0.305 e. The van der Waals surface area contributed by atoms with E-state index in [0.717, 1.165) is 47.0 Å². The van der Waals surface area contributed by atoms with E-state index in [0.29, 0.717) is 19.6 Å². The van der Waals surface area contributed by atoms with Crippen LogP contribution in [0.15, 0.2) is 30.5 Å². The molecule has 3 fully saturated rings. The van der Waals surface area contributed by atoms with Crippen molar-refractivity contribution in [2.45, 2.75) is 88.4 Å². The molecular weight excluding hydrogens is 847 g/mol. The van der Waals surface area contributed by atoms with Gasteiger partial charge in [-0.15, -0.1) is 0 Å². The number of carbonyl (C=O) groups is 8. The van der Waals surface area contributed by atoms with Gasteiger partial charge in [0.25, 0.3) is 0 Å². The van der Waals surface area contributed by atoms with Gasteiger partial charge in [0, 0.05) is 53.6 Å². The van der Waals surface area contributed by atoms with Gasteiger partial charge in [0.1, 0.15) is 43.3 Å². The first-order valence-corrected chi connectivity index (χ1v) is 23.2. The molecule has 6 atom stereocenters. The maximum atomic E-state index is 14.0. The summed E-state index contributed by atoms with van der Waals surface area (Å²) in [4.78, 5) is 110. The highest BCUT2D eigenvalue weighted by molar-refractivity contribution is 8.76. The van der Waals surface area contributed by atoms with Gasteiger partial charge in [-0.2, -0.15) is 0 Å². The Labute approximate surface area is 367 Å². The van der Waals surface area contributed by atoms with Gasteiger partial charge < -0.3 is 61.3 Å². The number of primary amides is 1. The van der Waals surface area contributed by atoms with Crippen LogP contribution in [-0.4, -0.2) is 168 Å². The SMILES string of the molecule is C[C@@H]1NC(=O)[C@H](CC(=O)O)NC(=O)CNC(=O)C(CCCC[N+]2(C)CCOCC2)NC(=O)CCSSCC(C(N)=O)NC(=O)[C@@H]2CC(OCc3c[nH]c4ccccc34)CN2C1=O. The molecule has 7 amide bonds. The number of aromatic amines is 1. The number of likely N-dealkylation sites (N-methyl/N-ethyl adjacent to an activating group) is 1. The number of carbonyl (C=O) groups excluding carboxylic acids is 7. The van der Waals surface area contributed by atoms with Gasteiger partial charge in [0.05, 0.1) is 52.5 Å². The van der Waals surface area contributed by atoms with E-state index in [2.05, 4.69) is 38.6 Å². The Hall–Kier alpha value is -4.90. The molecule has 0 radical (unpaired) electrons. The van der Waals surface area contributed by atoms with E-state index in [1.54, 1.807) is 0 Å². The summed E-state index contributed by atoms with van der Waals surface area (Å²) < 4.78 is 12.5. The van der Waals surface area contributed by atoms with Gasteiger partial charge >= 0.3 is 5.97 Å². The van der Waals surface area contributed by atoms with Crippen LogP contribution in [0, 0.1) is 0 Å². The number of carboxylic acids is 1. The zero-order valence-corrected chi connectivity index (χ0v) is 36.6. The largest absolute Gasteiger partial charge is 0.481 e. The fourth-order valence-corrected chi connectivity index (χ4v) is 9.74. The number of fused-ring (bicyclic) bond motifs is 2. The molecule has 4 heterocycles. The summed E-state index contributed by atoms with van der Waals surface area (Å²) in [6, 6.07) is 1.40. The summed E-state index contributed by atoms with van der Waals surface area (Å²) >= 11 is 0. The second-order valence-corrected chi connectivity index (χ2v) is 18.7. The van der Waals surface area contributed by atoms with Crippen LogP contribution in [0.25, 0.3) is 10.9 Å². The third-order valence-corrected chi connectivity index (χ3v) is 13.6. The highest BCUT2D eigenvalue weighted by Crippen LogP contribution is 2.27. The molecule has 62 heavy (non-hydrogen) atoms. The summed E-state index contributed by atoms with van der Waals surface area (Å²) in [5, 5.41) is 23.2. The highest BCUT2D eigenvalue weighted by atomic mass is 33.1. The number of nitrogens with zero attached hydrogens (tertiary/aromatic N) is 2. The van der Waals surface area contributed by atoms with Gasteiger partial charge in [0.15, 0.2) is 0 Å². The molecule has 0 saturated carbocycles. The number of hydrogen-bond donors (Lipinski definition) is 8. The fourth-order valence-electron chi connectivity index (χ4n) is 7.57. The Balaban J connectivity index is 1.30. The lowest BCUT2D eigenvalue weighted by Gasteiger charge is -2.37. The lowest BCUT2D eigenvalue weighted by atomic mass is 10.1. The van der Waals surface area contributed by atoms with E-state index in [1.807, 2.05) is 30.5 Å². The number of rotatable bonds is 11. The van der Waals surface area contributed by atoms with Crippen LogP contribution in [0.4, 0.5) is 0 Å². The molecule has 20 nitrogen and oxygen atoms in total. The number of nitrogens with one attached hydrogen (secondary N) is 6. The van der Waals surface area contributed by atoms with Gasteiger partial charge in [-0.25, -0.2) is 0 Å². The van der Waals surface area contributed by atoms with Gasteiger partial charge in [-0.1, -0.05) is 39.8 Å². The lowest BCUT2D eigenvalue weighted by molar-refractivity contribution is -0.917. The number of morpholine rings is 1. The Morgan fingerprint density at radius 3 is 2.44 bits per heavy atom. The second kappa shape index (κ2) is 23.0. The number of quaternary nitrogens is 1. The van der Waals surface area contributed by atoms with Crippen LogP contribution in [-0.2, 0) is 54.4 Å². The third-order valence-electron chi connectivity index (χ3n) is 11.2. The van der Waals surface area contributed by atoms with E-state index in [9.17, 15) is 43.5 Å². The van der Waals surface area contributed by atoms with Crippen molar-refractivity contribution in [1.29, 1.82) is 0 Å². The van der Waals surface area contributed by atoms with Crippen molar-refractivity contribution in [3.8, 4) is 0 Å². The Kier molecular flexibility index (Phi) is 17.8. The molecule has 3 aliphatic heterocycles. The van der Waals surface area contributed by atoms with E-state index < -0.39 is 96.6 Å².